The lowest BCUT2D eigenvalue weighted by atomic mass is 10.2. The topological polar surface area (TPSA) is 106 Å². The van der Waals surface area contributed by atoms with E-state index in [2.05, 4.69) is 15.4 Å². The molecule has 0 spiro atoms. The number of rotatable bonds is 8. The number of nitrogens with one attached hydrogen (secondary N) is 3. The average Bonchev–Trinajstić information content (AvgIpc) is 3.49. The second-order valence-electron chi connectivity index (χ2n) is 6.38. The van der Waals surface area contributed by atoms with Gasteiger partial charge in [-0.1, -0.05) is 12.1 Å². The predicted octanol–water partition coefficient (Wildman–Crippen LogP) is 2.47. The monoisotopic (exact) mass is 405 g/mol. The first kappa shape index (κ1) is 20.0. The van der Waals surface area contributed by atoms with E-state index in [1.165, 1.54) is 19.2 Å². The van der Waals surface area contributed by atoms with E-state index in [0.717, 1.165) is 18.4 Å². The number of carbonyl (C=O) groups is 1. The third-order valence-electron chi connectivity index (χ3n) is 4.25. The molecular weight excluding hydrogens is 382 g/mol. The van der Waals surface area contributed by atoms with Crippen molar-refractivity contribution >= 4 is 21.7 Å². The predicted molar refractivity (Wildman–Crippen MR) is 105 cm³/mol. The molecule has 0 radical (unpaired) electrons. The minimum Gasteiger partial charge on any atom is -0.493 e. The molecule has 8 nitrogen and oxygen atoms in total. The van der Waals surface area contributed by atoms with E-state index in [1.54, 1.807) is 25.3 Å². The third-order valence-corrected chi connectivity index (χ3v) is 5.78. The van der Waals surface area contributed by atoms with Crippen LogP contribution in [0.25, 0.3) is 0 Å². The molecule has 0 heterocycles. The van der Waals surface area contributed by atoms with Gasteiger partial charge in [-0.2, -0.15) is 0 Å². The summed E-state index contributed by atoms with van der Waals surface area (Å²) >= 11 is 0. The van der Waals surface area contributed by atoms with Gasteiger partial charge in [-0.05, 0) is 43.2 Å². The van der Waals surface area contributed by atoms with Crippen molar-refractivity contribution in [1.29, 1.82) is 0 Å². The first-order valence-electron chi connectivity index (χ1n) is 8.80. The third kappa shape index (κ3) is 4.93. The summed E-state index contributed by atoms with van der Waals surface area (Å²) in [7, 11) is -0.423. The fourth-order valence-corrected chi connectivity index (χ4v) is 3.95. The zero-order valence-electron chi connectivity index (χ0n) is 15.7. The highest BCUT2D eigenvalue weighted by Gasteiger charge is 2.27. The summed E-state index contributed by atoms with van der Waals surface area (Å²) in [6.07, 6.45) is 1.74. The first-order valence-corrected chi connectivity index (χ1v) is 10.3. The Hall–Kier alpha value is -2.78. The lowest BCUT2D eigenvalue weighted by molar-refractivity contribution is 0.251. The van der Waals surface area contributed by atoms with Gasteiger partial charge in [0.25, 0.3) is 0 Å². The Balaban J connectivity index is 1.58. The first-order chi connectivity index (χ1) is 13.4. The maximum Gasteiger partial charge on any atom is 0.319 e. The Labute approximate surface area is 164 Å². The smallest absolute Gasteiger partial charge is 0.319 e. The number of ether oxygens (including phenoxy) is 2. The fourth-order valence-electron chi connectivity index (χ4n) is 2.65. The summed E-state index contributed by atoms with van der Waals surface area (Å²) in [5.74, 6) is 1.14. The van der Waals surface area contributed by atoms with Crippen LogP contribution in [0.5, 0.6) is 11.5 Å². The van der Waals surface area contributed by atoms with Gasteiger partial charge in [0.2, 0.25) is 10.0 Å². The molecule has 0 atom stereocenters. The number of amides is 2. The Morgan fingerprint density at radius 3 is 2.39 bits per heavy atom. The van der Waals surface area contributed by atoms with Gasteiger partial charge >= 0.3 is 6.03 Å². The van der Waals surface area contributed by atoms with Crippen molar-refractivity contribution in [3.8, 4) is 11.5 Å². The van der Waals surface area contributed by atoms with Crippen LogP contribution in [0.4, 0.5) is 10.5 Å². The van der Waals surface area contributed by atoms with Gasteiger partial charge < -0.3 is 20.1 Å². The molecule has 0 saturated heterocycles. The number of sulfonamides is 1. The SMILES string of the molecule is COc1cccc(CNC(=O)Nc2ccc(S(=O)(=O)NC3CC3)cc2)c1OC. The standard InChI is InChI=1S/C19H23N3O5S/c1-26-17-5-3-4-13(18(17)27-2)12-20-19(23)21-14-8-10-16(11-9-14)28(24,25)22-15-6-7-15/h3-5,8-11,15,22H,6-7,12H2,1-2H3,(H2,20,21,23). The molecular formula is C19H23N3O5S. The van der Waals surface area contributed by atoms with Crippen molar-refractivity contribution in [1.82, 2.24) is 10.0 Å². The van der Waals surface area contributed by atoms with E-state index in [1.807, 2.05) is 12.1 Å². The minimum absolute atomic E-state index is 0.0437. The fraction of sp³-hybridized carbons (Fsp3) is 0.316. The second-order valence-corrected chi connectivity index (χ2v) is 8.09. The van der Waals surface area contributed by atoms with Crippen LogP contribution in [0.3, 0.4) is 0 Å². The van der Waals surface area contributed by atoms with Crippen LogP contribution in [0.15, 0.2) is 47.4 Å². The van der Waals surface area contributed by atoms with Crippen molar-refractivity contribution in [2.45, 2.75) is 30.3 Å². The number of benzene rings is 2. The van der Waals surface area contributed by atoms with Crippen molar-refractivity contribution < 1.29 is 22.7 Å². The minimum atomic E-state index is -3.51. The van der Waals surface area contributed by atoms with Crippen LogP contribution < -0.4 is 24.8 Å². The molecule has 0 aromatic heterocycles. The summed E-state index contributed by atoms with van der Waals surface area (Å²) in [5, 5.41) is 5.41. The molecule has 0 aliphatic heterocycles. The Morgan fingerprint density at radius 2 is 1.79 bits per heavy atom. The summed E-state index contributed by atoms with van der Waals surface area (Å²) in [6.45, 7) is 0.240. The molecule has 1 fully saturated rings. The molecule has 150 valence electrons. The van der Waals surface area contributed by atoms with E-state index < -0.39 is 16.1 Å². The van der Waals surface area contributed by atoms with Gasteiger partial charge in [0.1, 0.15) is 0 Å². The number of para-hydroxylation sites is 1. The lowest BCUT2D eigenvalue weighted by Crippen LogP contribution is -2.28. The van der Waals surface area contributed by atoms with Gasteiger partial charge in [-0.3, -0.25) is 0 Å². The molecule has 0 bridgehead atoms. The van der Waals surface area contributed by atoms with Crippen molar-refractivity contribution in [3.05, 3.63) is 48.0 Å². The van der Waals surface area contributed by atoms with Gasteiger partial charge in [0.05, 0.1) is 19.1 Å². The second kappa shape index (κ2) is 8.49. The van der Waals surface area contributed by atoms with Crippen LogP contribution in [-0.4, -0.2) is 34.7 Å². The number of methoxy groups -OCH3 is 2. The molecule has 2 aromatic rings. The Bertz CT molecular complexity index is 941. The molecule has 1 saturated carbocycles. The van der Waals surface area contributed by atoms with E-state index >= 15 is 0 Å². The lowest BCUT2D eigenvalue weighted by Gasteiger charge is -2.13. The van der Waals surface area contributed by atoms with E-state index in [4.69, 9.17) is 9.47 Å². The van der Waals surface area contributed by atoms with Crippen LogP contribution in [-0.2, 0) is 16.6 Å². The molecule has 1 aliphatic carbocycles. The summed E-state index contributed by atoms with van der Waals surface area (Å²) in [6, 6.07) is 11.1. The van der Waals surface area contributed by atoms with Crippen LogP contribution in [0.2, 0.25) is 0 Å². The molecule has 0 unspecified atom stereocenters. The van der Waals surface area contributed by atoms with Gasteiger partial charge in [0.15, 0.2) is 11.5 Å². The van der Waals surface area contributed by atoms with Gasteiger partial charge in [0, 0.05) is 23.8 Å². The number of urea groups is 1. The summed E-state index contributed by atoms with van der Waals surface area (Å²) < 4.78 is 37.5. The highest BCUT2D eigenvalue weighted by molar-refractivity contribution is 7.89. The van der Waals surface area contributed by atoms with Gasteiger partial charge in [-0.15, -0.1) is 0 Å². The van der Waals surface area contributed by atoms with E-state index in [-0.39, 0.29) is 17.5 Å². The van der Waals surface area contributed by atoms with E-state index in [9.17, 15) is 13.2 Å². The molecule has 3 rings (SSSR count). The van der Waals surface area contributed by atoms with Gasteiger partial charge in [-0.25, -0.2) is 17.9 Å². The Kier molecular flexibility index (Phi) is 6.05. The zero-order valence-corrected chi connectivity index (χ0v) is 16.5. The molecule has 1 aliphatic rings. The molecule has 3 N–H and O–H groups in total. The number of anilines is 1. The molecule has 2 aromatic carbocycles. The van der Waals surface area contributed by atoms with Crippen molar-refractivity contribution in [2.24, 2.45) is 0 Å². The Morgan fingerprint density at radius 1 is 1.07 bits per heavy atom. The van der Waals surface area contributed by atoms with Crippen LogP contribution in [0.1, 0.15) is 18.4 Å². The van der Waals surface area contributed by atoms with Crippen molar-refractivity contribution in [2.75, 3.05) is 19.5 Å². The zero-order chi connectivity index (χ0) is 20.1. The van der Waals surface area contributed by atoms with Crippen LogP contribution >= 0.6 is 0 Å². The molecule has 2 amide bonds. The number of hydrogen-bond donors (Lipinski definition) is 3. The quantitative estimate of drug-likeness (QED) is 0.626. The average molecular weight is 405 g/mol. The van der Waals surface area contributed by atoms with Crippen LogP contribution in [0, 0.1) is 0 Å². The molecule has 28 heavy (non-hydrogen) atoms. The summed E-state index contributed by atoms with van der Waals surface area (Å²) in [5.41, 5.74) is 1.25. The highest BCUT2D eigenvalue weighted by Crippen LogP contribution is 2.30. The maximum absolute atomic E-state index is 12.2. The number of hydrogen-bond acceptors (Lipinski definition) is 5. The highest BCUT2D eigenvalue weighted by atomic mass is 32.2. The normalized spacial score (nSPS) is 13.6. The number of carbonyl (C=O) groups excluding carboxylic acids is 1. The maximum atomic E-state index is 12.2. The molecule has 9 heteroatoms. The summed E-state index contributed by atoms with van der Waals surface area (Å²) in [4.78, 5) is 12.3. The largest absolute Gasteiger partial charge is 0.493 e. The van der Waals surface area contributed by atoms with E-state index in [0.29, 0.717) is 17.2 Å². The van der Waals surface area contributed by atoms with Crippen molar-refractivity contribution in [3.63, 3.8) is 0 Å².